The van der Waals surface area contributed by atoms with Gasteiger partial charge in [-0.15, -0.1) is 0 Å². The molecule has 10 rings (SSSR count). The topological polar surface area (TPSA) is 56.7 Å². The Morgan fingerprint density at radius 2 is 1.02 bits per heavy atom. The van der Waals surface area contributed by atoms with E-state index in [4.69, 9.17) is 19.4 Å². The molecule has 0 bridgehead atoms. The van der Waals surface area contributed by atoms with Gasteiger partial charge in [0.2, 0.25) is 0 Å². The standard InChI is InChI=1S/C43H26N4O/c1-3-13-27(14-4-1)41-44-42(28-15-5-2-6-16-28)46-43(45-41)33-23-24-36(39-32-20-10-12-22-38(32)48-40(33)39)47-35-21-11-9-19-31(35)34-25-29-17-7-8-18-30(29)26-37(34)47/h1-26H. The van der Waals surface area contributed by atoms with Crippen molar-refractivity contribution in [3.63, 3.8) is 0 Å². The second-order valence-corrected chi connectivity index (χ2v) is 12.0. The predicted molar refractivity (Wildman–Crippen MR) is 195 cm³/mol. The summed E-state index contributed by atoms with van der Waals surface area (Å²) in [6, 6.07) is 54.4. The third-order valence-corrected chi connectivity index (χ3v) is 9.23. The third-order valence-electron chi connectivity index (χ3n) is 9.23. The molecule has 0 amide bonds. The van der Waals surface area contributed by atoms with Crippen molar-refractivity contribution in [2.45, 2.75) is 0 Å². The predicted octanol–water partition coefficient (Wildman–Crippen LogP) is 11.0. The molecule has 0 atom stereocenters. The molecule has 0 spiro atoms. The largest absolute Gasteiger partial charge is 0.455 e. The summed E-state index contributed by atoms with van der Waals surface area (Å²) in [5.41, 5.74) is 7.54. The van der Waals surface area contributed by atoms with Crippen LogP contribution in [0.3, 0.4) is 0 Å². The molecule has 0 N–H and O–H groups in total. The van der Waals surface area contributed by atoms with Crippen molar-refractivity contribution >= 4 is 54.5 Å². The van der Waals surface area contributed by atoms with Gasteiger partial charge < -0.3 is 8.98 Å². The van der Waals surface area contributed by atoms with Crippen LogP contribution < -0.4 is 0 Å². The Balaban J connectivity index is 1.30. The highest BCUT2D eigenvalue weighted by Gasteiger charge is 2.23. The van der Waals surface area contributed by atoms with E-state index in [0.717, 1.165) is 55.3 Å². The molecule has 0 aliphatic carbocycles. The van der Waals surface area contributed by atoms with E-state index in [1.807, 2.05) is 72.8 Å². The van der Waals surface area contributed by atoms with Gasteiger partial charge >= 0.3 is 0 Å². The summed E-state index contributed by atoms with van der Waals surface area (Å²) in [5, 5.41) is 6.90. The van der Waals surface area contributed by atoms with Crippen molar-refractivity contribution in [3.05, 3.63) is 158 Å². The molecule has 3 heterocycles. The zero-order valence-electron chi connectivity index (χ0n) is 25.7. The van der Waals surface area contributed by atoms with Crippen molar-refractivity contribution in [3.8, 4) is 39.9 Å². The number of hydrogen-bond acceptors (Lipinski definition) is 4. The number of nitrogens with zero attached hydrogens (tertiary/aromatic N) is 4. The van der Waals surface area contributed by atoms with Crippen LogP contribution in [-0.2, 0) is 0 Å². The Morgan fingerprint density at radius 3 is 1.75 bits per heavy atom. The second-order valence-electron chi connectivity index (χ2n) is 12.0. The molecule has 48 heavy (non-hydrogen) atoms. The van der Waals surface area contributed by atoms with Gasteiger partial charge in [0, 0.05) is 27.3 Å². The Labute approximate surface area is 275 Å². The van der Waals surface area contributed by atoms with Crippen LogP contribution in [0.25, 0.3) is 94.4 Å². The molecule has 224 valence electrons. The van der Waals surface area contributed by atoms with Gasteiger partial charge in [-0.3, -0.25) is 0 Å². The summed E-state index contributed by atoms with van der Waals surface area (Å²) in [7, 11) is 0. The van der Waals surface area contributed by atoms with Gasteiger partial charge in [-0.25, -0.2) is 15.0 Å². The van der Waals surface area contributed by atoms with Crippen molar-refractivity contribution < 1.29 is 4.42 Å². The lowest BCUT2D eigenvalue weighted by atomic mass is 10.0. The molecule has 0 radical (unpaired) electrons. The van der Waals surface area contributed by atoms with E-state index in [9.17, 15) is 0 Å². The summed E-state index contributed by atoms with van der Waals surface area (Å²) in [4.78, 5) is 15.0. The monoisotopic (exact) mass is 614 g/mol. The number of aromatic nitrogens is 4. The highest BCUT2D eigenvalue weighted by atomic mass is 16.3. The third kappa shape index (κ3) is 4.08. The summed E-state index contributed by atoms with van der Waals surface area (Å²) in [6.07, 6.45) is 0. The van der Waals surface area contributed by atoms with E-state index in [2.05, 4.69) is 89.5 Å². The van der Waals surface area contributed by atoms with Gasteiger partial charge in [0.1, 0.15) is 11.2 Å². The number of benzene rings is 7. The smallest absolute Gasteiger partial charge is 0.167 e. The Kier molecular flexibility index (Phi) is 5.81. The molecule has 3 aromatic heterocycles. The molecule has 5 nitrogen and oxygen atoms in total. The van der Waals surface area contributed by atoms with Gasteiger partial charge in [0.25, 0.3) is 0 Å². The molecule has 10 aromatic rings. The molecule has 0 aliphatic rings. The molecule has 0 unspecified atom stereocenters. The lowest BCUT2D eigenvalue weighted by Crippen LogP contribution is -2.01. The second kappa shape index (κ2) is 10.5. The lowest BCUT2D eigenvalue weighted by Gasteiger charge is -2.13. The van der Waals surface area contributed by atoms with Crippen LogP contribution >= 0.6 is 0 Å². The molecule has 0 aliphatic heterocycles. The van der Waals surface area contributed by atoms with Gasteiger partial charge in [0.05, 0.1) is 27.7 Å². The lowest BCUT2D eigenvalue weighted by molar-refractivity contribution is 0.669. The molecule has 0 saturated carbocycles. The first-order chi connectivity index (χ1) is 23.8. The maximum Gasteiger partial charge on any atom is 0.167 e. The van der Waals surface area contributed by atoms with Gasteiger partial charge in [-0.2, -0.15) is 0 Å². The summed E-state index contributed by atoms with van der Waals surface area (Å²) >= 11 is 0. The molecular formula is C43H26N4O. The van der Waals surface area contributed by atoms with Crippen molar-refractivity contribution in [2.75, 3.05) is 0 Å². The number of furan rings is 1. The molecular weight excluding hydrogens is 589 g/mol. The average molecular weight is 615 g/mol. The average Bonchev–Trinajstić information content (AvgIpc) is 3.70. The van der Waals surface area contributed by atoms with Crippen LogP contribution in [0.15, 0.2) is 162 Å². The Morgan fingerprint density at radius 1 is 0.438 bits per heavy atom. The van der Waals surface area contributed by atoms with E-state index in [0.29, 0.717) is 17.5 Å². The summed E-state index contributed by atoms with van der Waals surface area (Å²) < 4.78 is 9.13. The first kappa shape index (κ1) is 26.6. The van der Waals surface area contributed by atoms with Crippen LogP contribution in [0.5, 0.6) is 0 Å². The molecule has 5 heteroatoms. The van der Waals surface area contributed by atoms with Crippen LogP contribution in [0.4, 0.5) is 0 Å². The summed E-state index contributed by atoms with van der Waals surface area (Å²) in [5.74, 6) is 1.79. The maximum absolute atomic E-state index is 6.75. The van der Waals surface area contributed by atoms with Crippen molar-refractivity contribution in [2.24, 2.45) is 0 Å². The number of para-hydroxylation sites is 2. The van der Waals surface area contributed by atoms with E-state index in [1.165, 1.54) is 21.5 Å². The molecule has 0 saturated heterocycles. The first-order valence-corrected chi connectivity index (χ1v) is 16.0. The van der Waals surface area contributed by atoms with Gasteiger partial charge in [-0.05, 0) is 47.2 Å². The fourth-order valence-corrected chi connectivity index (χ4v) is 7.02. The van der Waals surface area contributed by atoms with Crippen molar-refractivity contribution in [1.29, 1.82) is 0 Å². The van der Waals surface area contributed by atoms with E-state index >= 15 is 0 Å². The normalized spacial score (nSPS) is 11.8. The number of fused-ring (bicyclic) bond motifs is 7. The fourth-order valence-electron chi connectivity index (χ4n) is 7.02. The minimum atomic E-state index is 0.562. The van der Waals surface area contributed by atoms with E-state index < -0.39 is 0 Å². The Bertz CT molecular complexity index is 2780. The fraction of sp³-hybridized carbons (Fsp3) is 0. The number of hydrogen-bond donors (Lipinski definition) is 0. The van der Waals surface area contributed by atoms with Crippen molar-refractivity contribution in [1.82, 2.24) is 19.5 Å². The number of rotatable bonds is 4. The summed E-state index contributed by atoms with van der Waals surface area (Å²) in [6.45, 7) is 0. The maximum atomic E-state index is 6.75. The van der Waals surface area contributed by atoms with Gasteiger partial charge in [-0.1, -0.05) is 121 Å². The zero-order valence-corrected chi connectivity index (χ0v) is 25.7. The molecule has 0 fully saturated rings. The van der Waals surface area contributed by atoms with Crippen LogP contribution in [-0.4, -0.2) is 19.5 Å². The first-order valence-electron chi connectivity index (χ1n) is 16.0. The van der Waals surface area contributed by atoms with Crippen LogP contribution in [0.2, 0.25) is 0 Å². The van der Waals surface area contributed by atoms with Gasteiger partial charge in [0.15, 0.2) is 17.5 Å². The quantitative estimate of drug-likeness (QED) is 0.198. The highest BCUT2D eigenvalue weighted by molar-refractivity contribution is 6.18. The SMILES string of the molecule is c1ccc(-c2nc(-c3ccccc3)nc(-c3ccc(-n4c5ccccc5c5cc6ccccc6cc54)c4c3oc3ccccc34)n2)cc1. The Hall–Kier alpha value is -6.59. The highest BCUT2D eigenvalue weighted by Crippen LogP contribution is 2.42. The minimum Gasteiger partial charge on any atom is -0.455 e. The van der Waals surface area contributed by atoms with E-state index in [-0.39, 0.29) is 0 Å². The minimum absolute atomic E-state index is 0.562. The zero-order chi connectivity index (χ0) is 31.6. The van der Waals surface area contributed by atoms with E-state index in [1.54, 1.807) is 0 Å². The van der Waals surface area contributed by atoms with Crippen LogP contribution in [0.1, 0.15) is 0 Å². The van der Waals surface area contributed by atoms with Crippen LogP contribution in [0, 0.1) is 0 Å². The molecule has 7 aromatic carbocycles.